The van der Waals surface area contributed by atoms with Gasteiger partial charge in [0, 0.05) is 32.8 Å². The minimum Gasteiger partial charge on any atom is -0.508 e. The Balaban J connectivity index is 1.39. The lowest BCUT2D eigenvalue weighted by atomic mass is 9.65. The average molecular weight is 666 g/mol. The fourth-order valence-electron chi connectivity index (χ4n) is 7.74. The second kappa shape index (κ2) is 11.3. The zero-order valence-electron chi connectivity index (χ0n) is 27.3. The van der Waals surface area contributed by atoms with Gasteiger partial charge >= 0.3 is 0 Å². The van der Waals surface area contributed by atoms with E-state index in [1.165, 1.54) is 0 Å². The Morgan fingerprint density at radius 1 is 0.365 bits per heavy atom. The lowest BCUT2D eigenvalue weighted by Crippen LogP contribution is -2.36. The van der Waals surface area contributed by atoms with Gasteiger partial charge in [0.25, 0.3) is 0 Å². The number of benzene rings is 8. The number of phenols is 5. The van der Waals surface area contributed by atoms with Gasteiger partial charge in [-0.15, -0.1) is 0 Å². The maximum Gasteiger partial charge on any atom is 0.204 e. The van der Waals surface area contributed by atoms with Crippen LogP contribution in [0.15, 0.2) is 108 Å². The minimum atomic E-state index is -1.05. The quantitative estimate of drug-likeness (QED) is 0.0711. The molecule has 8 radical (unpaired) electrons. The van der Waals surface area contributed by atoms with Crippen LogP contribution in [-0.2, 0) is 0 Å². The van der Waals surface area contributed by atoms with Crippen molar-refractivity contribution in [3.8, 4) is 62.1 Å². The lowest BCUT2D eigenvalue weighted by molar-refractivity contribution is 0.348. The highest BCUT2D eigenvalue weighted by Crippen LogP contribution is 2.49. The molecule has 1 heterocycles. The third-order valence-electron chi connectivity index (χ3n) is 10.1. The molecule has 0 atom stereocenters. The summed E-state index contributed by atoms with van der Waals surface area (Å²) in [4.78, 5) is 0. The van der Waals surface area contributed by atoms with Crippen LogP contribution in [0.3, 0.4) is 0 Å². The molecule has 0 saturated heterocycles. The number of phenolic OH excluding ortho intramolecular Hbond substituents is 5. The van der Waals surface area contributed by atoms with Crippen molar-refractivity contribution >= 4 is 107 Å². The number of fused-ring (bicyclic) bond motifs is 7. The molecule has 0 aliphatic rings. The van der Waals surface area contributed by atoms with E-state index in [0.717, 1.165) is 65.4 Å². The number of furan rings is 1. The molecule has 238 valence electrons. The molecule has 0 saturated carbocycles. The van der Waals surface area contributed by atoms with E-state index in [4.69, 9.17) is 35.8 Å². The lowest BCUT2D eigenvalue weighted by Gasteiger charge is -2.26. The van der Waals surface area contributed by atoms with E-state index in [1.807, 2.05) is 72.8 Å². The highest BCUT2D eigenvalue weighted by Gasteiger charge is 2.28. The zero-order valence-corrected chi connectivity index (χ0v) is 27.3. The van der Waals surface area contributed by atoms with Crippen molar-refractivity contribution in [3.05, 3.63) is 103 Å². The first-order valence-corrected chi connectivity index (χ1v) is 16.3. The summed E-state index contributed by atoms with van der Waals surface area (Å²) in [5.41, 5.74) is 2.37. The summed E-state index contributed by atoms with van der Waals surface area (Å²) in [6.07, 6.45) is 0. The molecule has 0 aliphatic heterocycles. The highest BCUT2D eigenvalue weighted by molar-refractivity contribution is 6.58. The van der Waals surface area contributed by atoms with Crippen LogP contribution in [0.25, 0.3) is 87.6 Å². The number of hydrogen-bond donors (Lipinski definition) is 5. The molecule has 6 nitrogen and oxygen atoms in total. The van der Waals surface area contributed by atoms with Crippen molar-refractivity contribution in [2.45, 2.75) is 0 Å². The summed E-state index contributed by atoms with van der Waals surface area (Å²) >= 11 is 0. The molecule has 0 aliphatic carbocycles. The Morgan fingerprint density at radius 3 is 1.54 bits per heavy atom. The summed E-state index contributed by atoms with van der Waals surface area (Å²) in [5, 5.41) is 60.7. The molecule has 52 heavy (non-hydrogen) atoms. The highest BCUT2D eigenvalue weighted by atomic mass is 16.3. The predicted molar refractivity (Wildman–Crippen MR) is 212 cm³/mol. The number of hydrogen-bond acceptors (Lipinski definition) is 6. The van der Waals surface area contributed by atoms with Gasteiger partial charge in [0.2, 0.25) is 11.5 Å². The van der Waals surface area contributed by atoms with E-state index >= 15 is 0 Å². The van der Waals surface area contributed by atoms with E-state index in [1.54, 1.807) is 0 Å². The van der Waals surface area contributed by atoms with Crippen LogP contribution < -0.4 is 21.9 Å². The predicted octanol–water partition coefficient (Wildman–Crippen LogP) is 5.75. The van der Waals surface area contributed by atoms with Crippen LogP contribution in [0.4, 0.5) is 0 Å². The van der Waals surface area contributed by atoms with Crippen molar-refractivity contribution in [1.29, 1.82) is 0 Å². The number of rotatable bonds is 3. The van der Waals surface area contributed by atoms with E-state index in [0.29, 0.717) is 5.56 Å². The summed E-state index contributed by atoms with van der Waals surface area (Å²) in [5.74, 6) is -4.37. The molecular formula is C42H22B4O6. The Bertz CT molecular complexity index is 2910. The van der Waals surface area contributed by atoms with Gasteiger partial charge in [0.15, 0.2) is 11.5 Å². The van der Waals surface area contributed by atoms with Crippen LogP contribution in [0, 0.1) is 0 Å². The van der Waals surface area contributed by atoms with Crippen molar-refractivity contribution in [3.63, 3.8) is 0 Å². The molecule has 0 unspecified atom stereocenters. The molecule has 10 heteroatoms. The average Bonchev–Trinajstić information content (AvgIpc) is 3.56. The maximum absolute atomic E-state index is 11.9. The summed E-state index contributed by atoms with van der Waals surface area (Å²) in [6, 6.07) is 33.9. The van der Waals surface area contributed by atoms with E-state index in [9.17, 15) is 25.5 Å². The van der Waals surface area contributed by atoms with Gasteiger partial charge < -0.3 is 29.9 Å². The molecule has 0 bridgehead atoms. The van der Waals surface area contributed by atoms with Gasteiger partial charge in [0.1, 0.15) is 48.3 Å². The second-order valence-electron chi connectivity index (χ2n) is 12.8. The van der Waals surface area contributed by atoms with Crippen LogP contribution in [-0.4, -0.2) is 56.9 Å². The van der Waals surface area contributed by atoms with Crippen molar-refractivity contribution in [1.82, 2.24) is 0 Å². The first-order valence-electron chi connectivity index (χ1n) is 16.3. The van der Waals surface area contributed by atoms with Crippen molar-refractivity contribution in [2.75, 3.05) is 0 Å². The third kappa shape index (κ3) is 4.18. The Kier molecular flexibility index (Phi) is 6.86. The maximum atomic E-state index is 11.9. The molecular weight excluding hydrogens is 644 g/mol. The smallest absolute Gasteiger partial charge is 0.204 e. The normalized spacial score (nSPS) is 11.8. The Labute approximate surface area is 301 Å². The largest absolute Gasteiger partial charge is 0.508 e. The molecule has 9 aromatic rings. The SMILES string of the molecule is [B]c1c([B])c(-c2c3ccccc3c(-c3cccc4oc5c6ccccc6ccc5c34)c3ccccc23)c(O)c([B])c1-c1c([B])c(O)c(O)c(O)c1O. The fourth-order valence-corrected chi connectivity index (χ4v) is 7.74. The molecule has 8 aromatic carbocycles. The Hall–Kier alpha value is -6.40. The summed E-state index contributed by atoms with van der Waals surface area (Å²) in [7, 11) is 26.0. The molecule has 5 N–H and O–H groups in total. The van der Waals surface area contributed by atoms with Gasteiger partial charge in [-0.05, 0) is 66.7 Å². The number of aromatic hydroxyl groups is 5. The Morgan fingerprint density at radius 2 is 0.885 bits per heavy atom. The monoisotopic (exact) mass is 666 g/mol. The van der Waals surface area contributed by atoms with Crippen LogP contribution in [0.5, 0.6) is 28.7 Å². The van der Waals surface area contributed by atoms with Crippen LogP contribution in [0.1, 0.15) is 0 Å². The van der Waals surface area contributed by atoms with Crippen LogP contribution in [0.2, 0.25) is 0 Å². The molecule has 0 amide bonds. The molecule has 0 fully saturated rings. The van der Waals surface area contributed by atoms with Gasteiger partial charge in [-0.25, -0.2) is 0 Å². The minimum absolute atomic E-state index is 0.0922. The first kappa shape index (κ1) is 31.6. The van der Waals surface area contributed by atoms with Crippen molar-refractivity contribution < 1.29 is 29.9 Å². The molecule has 0 spiro atoms. The summed E-state index contributed by atoms with van der Waals surface area (Å²) < 4.78 is 6.54. The van der Waals surface area contributed by atoms with Gasteiger partial charge in [-0.3, -0.25) is 0 Å². The van der Waals surface area contributed by atoms with Gasteiger partial charge in [-0.1, -0.05) is 102 Å². The standard InChI is InChI=1S/C42H22B4O6/c43-33-30(32-36(46)39(49)41(51)40(50)38(32)48)35(45)37(47)31(34(33)44)29-22-12-5-3-10-20(22)27(21-11-4-6-13-23(21)29)24-14-7-15-26-28(24)25-17-16-18-8-1-2-9-19(18)42(25)52-26/h1-17,47-51H. The van der Waals surface area contributed by atoms with Gasteiger partial charge in [0.05, 0.1) is 0 Å². The van der Waals surface area contributed by atoms with E-state index in [-0.39, 0.29) is 27.5 Å². The topological polar surface area (TPSA) is 114 Å². The molecule has 1 aromatic heterocycles. The zero-order chi connectivity index (χ0) is 36.2. The van der Waals surface area contributed by atoms with Crippen molar-refractivity contribution in [2.24, 2.45) is 0 Å². The van der Waals surface area contributed by atoms with Gasteiger partial charge in [-0.2, -0.15) is 0 Å². The third-order valence-corrected chi connectivity index (χ3v) is 10.1. The fraction of sp³-hybridized carbons (Fsp3) is 0. The molecule has 9 rings (SSSR count). The van der Waals surface area contributed by atoms with E-state index in [2.05, 4.69) is 30.3 Å². The van der Waals surface area contributed by atoms with Crippen LogP contribution >= 0.6 is 0 Å². The summed E-state index contributed by atoms with van der Waals surface area (Å²) in [6.45, 7) is 0. The second-order valence-corrected chi connectivity index (χ2v) is 12.8. The first-order chi connectivity index (χ1) is 25.1. The van der Waals surface area contributed by atoms with E-state index < -0.39 is 39.8 Å².